The number of halogens is 1. The number of aldehydes is 1. The van der Waals surface area contributed by atoms with Gasteiger partial charge in [-0.3, -0.25) is 14.9 Å². The van der Waals surface area contributed by atoms with E-state index in [0.717, 1.165) is 10.0 Å². The van der Waals surface area contributed by atoms with E-state index in [1.54, 1.807) is 13.2 Å². The third-order valence-corrected chi connectivity index (χ3v) is 3.45. The van der Waals surface area contributed by atoms with Crippen molar-refractivity contribution >= 4 is 27.9 Å². The molecule has 2 rings (SSSR count). The van der Waals surface area contributed by atoms with Crippen molar-refractivity contribution in [3.63, 3.8) is 0 Å². The van der Waals surface area contributed by atoms with E-state index in [9.17, 15) is 14.9 Å². The van der Waals surface area contributed by atoms with E-state index < -0.39 is 4.92 Å². The van der Waals surface area contributed by atoms with Crippen LogP contribution in [0.4, 0.5) is 5.69 Å². The Balaban J connectivity index is 2.23. The fourth-order valence-corrected chi connectivity index (χ4v) is 2.30. The van der Waals surface area contributed by atoms with Crippen LogP contribution in [-0.4, -0.2) is 18.3 Å². The molecule has 0 amide bonds. The van der Waals surface area contributed by atoms with Crippen LogP contribution in [0.1, 0.15) is 15.9 Å². The van der Waals surface area contributed by atoms with Gasteiger partial charge in [0.1, 0.15) is 18.1 Å². The lowest BCUT2D eigenvalue weighted by molar-refractivity contribution is -0.384. The van der Waals surface area contributed by atoms with Gasteiger partial charge in [-0.15, -0.1) is 0 Å². The molecule has 0 aliphatic heterocycles. The molecular weight excluding hydrogens is 354 g/mol. The molecule has 6 nitrogen and oxygen atoms in total. The average molecular weight is 366 g/mol. The number of rotatable bonds is 6. The van der Waals surface area contributed by atoms with Gasteiger partial charge in [-0.1, -0.05) is 15.9 Å². The maximum absolute atomic E-state index is 11.1. The zero-order valence-electron chi connectivity index (χ0n) is 11.6. The van der Waals surface area contributed by atoms with E-state index >= 15 is 0 Å². The van der Waals surface area contributed by atoms with Gasteiger partial charge in [0.2, 0.25) is 0 Å². The monoisotopic (exact) mass is 365 g/mol. The maximum atomic E-state index is 11.1. The second kappa shape index (κ2) is 7.04. The van der Waals surface area contributed by atoms with Gasteiger partial charge in [0, 0.05) is 22.2 Å². The summed E-state index contributed by atoms with van der Waals surface area (Å²) in [7, 11) is 1.55. The van der Waals surface area contributed by atoms with Crippen molar-refractivity contribution < 1.29 is 19.2 Å². The molecule has 2 aromatic rings. The van der Waals surface area contributed by atoms with E-state index in [0.29, 0.717) is 12.0 Å². The predicted octanol–water partition coefficient (Wildman–Crippen LogP) is 3.76. The molecule has 0 saturated carbocycles. The molecule has 0 aliphatic carbocycles. The number of ether oxygens (including phenoxy) is 2. The molecule has 0 fully saturated rings. The highest BCUT2D eigenvalue weighted by Crippen LogP contribution is 2.27. The van der Waals surface area contributed by atoms with E-state index in [1.165, 1.54) is 18.2 Å². The summed E-state index contributed by atoms with van der Waals surface area (Å²) in [5.74, 6) is 0.931. The number of nitrogens with zero attached hydrogens (tertiary/aromatic N) is 1. The minimum Gasteiger partial charge on any atom is -0.496 e. The highest BCUT2D eigenvalue weighted by molar-refractivity contribution is 9.10. The molecule has 0 N–H and O–H groups in total. The van der Waals surface area contributed by atoms with Crippen molar-refractivity contribution in [3.05, 3.63) is 62.1 Å². The molecule has 7 heteroatoms. The summed E-state index contributed by atoms with van der Waals surface area (Å²) in [6.07, 6.45) is 0.528. The quantitative estimate of drug-likeness (QED) is 0.442. The summed E-state index contributed by atoms with van der Waals surface area (Å²) in [5, 5.41) is 10.7. The van der Waals surface area contributed by atoms with Crippen molar-refractivity contribution in [1.29, 1.82) is 0 Å². The topological polar surface area (TPSA) is 78.7 Å². The summed E-state index contributed by atoms with van der Waals surface area (Å²) in [6.45, 7) is 0.168. The van der Waals surface area contributed by atoms with E-state index in [2.05, 4.69) is 15.9 Å². The lowest BCUT2D eigenvalue weighted by Crippen LogP contribution is -2.01. The third-order valence-electron chi connectivity index (χ3n) is 2.96. The summed E-state index contributed by atoms with van der Waals surface area (Å²) in [6, 6.07) is 9.35. The first-order valence-electron chi connectivity index (χ1n) is 6.24. The third kappa shape index (κ3) is 3.62. The lowest BCUT2D eigenvalue weighted by atomic mass is 10.2. The van der Waals surface area contributed by atoms with Gasteiger partial charge in [-0.05, 0) is 24.3 Å². The van der Waals surface area contributed by atoms with Gasteiger partial charge >= 0.3 is 0 Å². The summed E-state index contributed by atoms with van der Waals surface area (Å²) >= 11 is 3.36. The van der Waals surface area contributed by atoms with Crippen molar-refractivity contribution in [2.75, 3.05) is 7.11 Å². The summed E-state index contributed by atoms with van der Waals surface area (Å²) < 4.78 is 11.7. The van der Waals surface area contributed by atoms with Crippen LogP contribution >= 0.6 is 15.9 Å². The Hall–Kier alpha value is -2.41. The number of carbonyl (C=O) groups is 1. The fourth-order valence-electron chi connectivity index (χ4n) is 1.89. The second-order valence-corrected chi connectivity index (χ2v) is 5.26. The van der Waals surface area contributed by atoms with Crippen LogP contribution in [0.25, 0.3) is 0 Å². The number of nitro benzene ring substituents is 1. The Morgan fingerprint density at radius 3 is 2.59 bits per heavy atom. The van der Waals surface area contributed by atoms with E-state index in [4.69, 9.17) is 9.47 Å². The van der Waals surface area contributed by atoms with Crippen LogP contribution in [0.2, 0.25) is 0 Å². The van der Waals surface area contributed by atoms with Crippen molar-refractivity contribution in [1.82, 2.24) is 0 Å². The van der Waals surface area contributed by atoms with Crippen molar-refractivity contribution in [3.8, 4) is 11.5 Å². The van der Waals surface area contributed by atoms with Gasteiger partial charge < -0.3 is 9.47 Å². The molecule has 0 bridgehead atoms. The molecular formula is C15H12BrNO5. The molecule has 114 valence electrons. The summed E-state index contributed by atoms with van der Waals surface area (Å²) in [4.78, 5) is 21.2. The minimum absolute atomic E-state index is 0.128. The fraction of sp³-hybridized carbons (Fsp3) is 0.133. The zero-order valence-corrected chi connectivity index (χ0v) is 13.2. The number of hydrogen-bond donors (Lipinski definition) is 0. The predicted molar refractivity (Wildman–Crippen MR) is 83.5 cm³/mol. The van der Waals surface area contributed by atoms with Crippen molar-refractivity contribution in [2.24, 2.45) is 0 Å². The first-order valence-corrected chi connectivity index (χ1v) is 7.03. The van der Waals surface area contributed by atoms with Gasteiger partial charge in [0.25, 0.3) is 5.69 Å². The van der Waals surface area contributed by atoms with Crippen LogP contribution < -0.4 is 9.47 Å². The molecule has 0 aromatic heterocycles. The lowest BCUT2D eigenvalue weighted by Gasteiger charge is -2.12. The molecule has 0 spiro atoms. The maximum Gasteiger partial charge on any atom is 0.270 e. The highest BCUT2D eigenvalue weighted by atomic mass is 79.9. The Morgan fingerprint density at radius 1 is 1.23 bits per heavy atom. The molecule has 0 aliphatic rings. The molecule has 0 heterocycles. The van der Waals surface area contributed by atoms with Crippen molar-refractivity contribution in [2.45, 2.75) is 6.61 Å². The van der Waals surface area contributed by atoms with Gasteiger partial charge in [0.05, 0.1) is 17.6 Å². The molecule has 22 heavy (non-hydrogen) atoms. The van der Waals surface area contributed by atoms with E-state index in [-0.39, 0.29) is 23.6 Å². The standard InChI is InChI=1S/C15H12BrNO5/c1-21-14-4-2-12(16)6-11(14)9-22-15-5-3-13(17(19)20)7-10(15)8-18/h2-8H,9H2,1H3. The Kier molecular flexibility index (Phi) is 5.11. The second-order valence-electron chi connectivity index (χ2n) is 4.34. The Bertz CT molecular complexity index is 717. The van der Waals surface area contributed by atoms with Crippen LogP contribution in [-0.2, 0) is 6.61 Å². The Morgan fingerprint density at radius 2 is 1.95 bits per heavy atom. The van der Waals surface area contributed by atoms with Crippen LogP contribution in [0.3, 0.4) is 0 Å². The number of nitro groups is 1. The SMILES string of the molecule is COc1ccc(Br)cc1COc1ccc([N+](=O)[O-])cc1C=O. The molecule has 0 unspecified atom stereocenters. The molecule has 2 aromatic carbocycles. The van der Waals surface area contributed by atoms with E-state index in [1.807, 2.05) is 12.1 Å². The average Bonchev–Trinajstić information content (AvgIpc) is 2.52. The van der Waals surface area contributed by atoms with Gasteiger partial charge in [-0.2, -0.15) is 0 Å². The minimum atomic E-state index is -0.561. The zero-order chi connectivity index (χ0) is 16.1. The molecule has 0 radical (unpaired) electrons. The largest absolute Gasteiger partial charge is 0.496 e. The summed E-state index contributed by atoms with van der Waals surface area (Å²) in [5.41, 5.74) is 0.754. The van der Waals surface area contributed by atoms with Gasteiger partial charge in [0.15, 0.2) is 6.29 Å². The molecule has 0 saturated heterocycles. The number of carbonyl (C=O) groups excluding carboxylic acids is 1. The normalized spacial score (nSPS) is 10.1. The number of hydrogen-bond acceptors (Lipinski definition) is 5. The number of methoxy groups -OCH3 is 1. The number of non-ortho nitro benzene ring substituents is 1. The Labute approximate surface area is 134 Å². The van der Waals surface area contributed by atoms with Crippen LogP contribution in [0.5, 0.6) is 11.5 Å². The highest BCUT2D eigenvalue weighted by Gasteiger charge is 2.12. The van der Waals surface area contributed by atoms with Gasteiger partial charge in [-0.25, -0.2) is 0 Å². The first kappa shape index (κ1) is 16.0. The smallest absolute Gasteiger partial charge is 0.270 e. The van der Waals surface area contributed by atoms with Crippen LogP contribution in [0.15, 0.2) is 40.9 Å². The molecule has 0 atom stereocenters. The van der Waals surface area contributed by atoms with Crippen LogP contribution in [0, 0.1) is 10.1 Å². The first-order chi connectivity index (χ1) is 10.5. The number of benzene rings is 2.